The molecule has 156 valence electrons. The van der Waals surface area contributed by atoms with E-state index in [1.807, 2.05) is 0 Å². The number of nitrogens with one attached hydrogen (secondary N) is 1. The number of nitrogens with two attached hydrogens (primary N) is 1. The number of ether oxygens (including phenoxy) is 2. The van der Waals surface area contributed by atoms with E-state index in [0.29, 0.717) is 0 Å². The summed E-state index contributed by atoms with van der Waals surface area (Å²) in [5, 5.41) is 2.44. The molecule has 8 nitrogen and oxygen atoms in total. The summed E-state index contributed by atoms with van der Waals surface area (Å²) in [4.78, 5) is 23.4. The van der Waals surface area contributed by atoms with Crippen molar-refractivity contribution in [3.05, 3.63) is 47.7 Å². The fraction of sp³-hybridized carbons (Fsp3) is 0.333. The van der Waals surface area contributed by atoms with Gasteiger partial charge in [-0.2, -0.15) is 0 Å². The summed E-state index contributed by atoms with van der Waals surface area (Å²) in [6, 6.07) is 2.75. The van der Waals surface area contributed by atoms with Crippen LogP contribution in [0, 0.1) is 5.82 Å². The highest BCUT2D eigenvalue weighted by atomic mass is 19.2. The molecular weight excluding hydrogens is 391 g/mol. The predicted octanol–water partition coefficient (Wildman–Crippen LogP) is 2.57. The van der Waals surface area contributed by atoms with E-state index in [-0.39, 0.29) is 17.3 Å². The Morgan fingerprint density at radius 3 is 2.55 bits per heavy atom. The molecule has 1 amide bonds. The number of hydrogen-bond donors (Lipinski definition) is 2. The molecule has 0 fully saturated rings. The Hall–Kier alpha value is -3.37. The van der Waals surface area contributed by atoms with Gasteiger partial charge in [-0.3, -0.25) is 4.79 Å². The van der Waals surface area contributed by atoms with Gasteiger partial charge < -0.3 is 20.5 Å². The van der Waals surface area contributed by atoms with Gasteiger partial charge in [0.2, 0.25) is 5.88 Å². The Morgan fingerprint density at radius 2 is 2.00 bits per heavy atom. The standard InChI is InChI=1S/C18H20F3N5O3/c1-9(19)16(29-18(22)23-2)15(21)11-6-10(4-5-12(11)20)26-17(27)13-7-25-14(28-3)8-24-13/h4-9,15-16H,1-3H3,(H2,22,23)(H,26,27)/t9-,15-,16-/m1/s1. The van der Waals surface area contributed by atoms with E-state index in [9.17, 15) is 18.0 Å². The molecule has 2 aromatic rings. The second-order valence-corrected chi connectivity index (χ2v) is 5.86. The lowest BCUT2D eigenvalue weighted by Gasteiger charge is -2.24. The van der Waals surface area contributed by atoms with Crippen LogP contribution >= 0.6 is 0 Å². The summed E-state index contributed by atoms with van der Waals surface area (Å²) in [6.07, 6.45) is -3.35. The van der Waals surface area contributed by atoms with Gasteiger partial charge in [0.1, 0.15) is 17.7 Å². The average molecular weight is 411 g/mol. The molecule has 0 radical (unpaired) electrons. The molecule has 29 heavy (non-hydrogen) atoms. The fourth-order valence-corrected chi connectivity index (χ4v) is 2.32. The maximum atomic E-state index is 14.9. The van der Waals surface area contributed by atoms with Gasteiger partial charge in [0.05, 0.1) is 19.5 Å². The molecule has 0 aliphatic rings. The van der Waals surface area contributed by atoms with E-state index in [0.717, 1.165) is 19.1 Å². The third-order valence-corrected chi connectivity index (χ3v) is 3.84. The second kappa shape index (κ2) is 9.71. The molecular formula is C18H20F3N5O3. The Labute approximate surface area is 165 Å². The van der Waals surface area contributed by atoms with Crippen molar-refractivity contribution in [3.63, 3.8) is 0 Å². The van der Waals surface area contributed by atoms with Gasteiger partial charge in [0.25, 0.3) is 11.9 Å². The molecule has 1 aromatic heterocycles. The molecule has 1 aromatic carbocycles. The van der Waals surface area contributed by atoms with E-state index in [2.05, 4.69) is 20.3 Å². The zero-order valence-electron chi connectivity index (χ0n) is 15.9. The molecule has 11 heteroatoms. The average Bonchev–Trinajstić information content (AvgIpc) is 2.72. The highest BCUT2D eigenvalue weighted by molar-refractivity contribution is 6.02. The van der Waals surface area contributed by atoms with Crippen molar-refractivity contribution in [1.29, 1.82) is 0 Å². The van der Waals surface area contributed by atoms with Crippen molar-refractivity contribution in [2.45, 2.75) is 25.4 Å². The van der Waals surface area contributed by atoms with Crippen molar-refractivity contribution in [3.8, 4) is 5.88 Å². The van der Waals surface area contributed by atoms with Crippen LogP contribution < -0.4 is 15.8 Å². The molecule has 0 bridgehead atoms. The summed E-state index contributed by atoms with van der Waals surface area (Å²) in [5.74, 6) is -1.39. The maximum absolute atomic E-state index is 14.9. The first-order valence-corrected chi connectivity index (χ1v) is 8.40. The number of nitrogens with zero attached hydrogens (tertiary/aromatic N) is 3. The molecule has 0 aliphatic heterocycles. The molecule has 0 aliphatic carbocycles. The van der Waals surface area contributed by atoms with Gasteiger partial charge in [-0.05, 0) is 25.1 Å². The van der Waals surface area contributed by atoms with Gasteiger partial charge in [0.15, 0.2) is 12.3 Å². The largest absolute Gasteiger partial charge is 0.480 e. The van der Waals surface area contributed by atoms with Crippen LogP contribution in [0.4, 0.5) is 18.9 Å². The maximum Gasteiger partial charge on any atom is 0.282 e. The lowest BCUT2D eigenvalue weighted by Crippen LogP contribution is -2.34. The summed E-state index contributed by atoms with van der Waals surface area (Å²) in [6.45, 7) is 1.05. The number of amidine groups is 1. The number of alkyl halides is 2. The predicted molar refractivity (Wildman–Crippen MR) is 99.8 cm³/mol. The van der Waals surface area contributed by atoms with Crippen LogP contribution in [0.2, 0.25) is 0 Å². The fourth-order valence-electron chi connectivity index (χ4n) is 2.32. The third-order valence-electron chi connectivity index (χ3n) is 3.84. The van der Waals surface area contributed by atoms with Crippen molar-refractivity contribution in [2.75, 3.05) is 19.5 Å². The molecule has 0 unspecified atom stereocenters. The number of aliphatic imine (C=N–C) groups is 1. The smallest absolute Gasteiger partial charge is 0.282 e. The second-order valence-electron chi connectivity index (χ2n) is 5.86. The van der Waals surface area contributed by atoms with Crippen LogP contribution in [-0.4, -0.2) is 48.3 Å². The van der Waals surface area contributed by atoms with Crippen molar-refractivity contribution < 1.29 is 27.4 Å². The van der Waals surface area contributed by atoms with E-state index in [1.54, 1.807) is 0 Å². The Morgan fingerprint density at radius 1 is 1.28 bits per heavy atom. The van der Waals surface area contributed by atoms with E-state index < -0.39 is 41.8 Å². The molecule has 0 saturated carbocycles. The number of benzene rings is 1. The lowest BCUT2D eigenvalue weighted by molar-refractivity contribution is 0.0257. The number of methoxy groups -OCH3 is 1. The number of halogens is 3. The zero-order chi connectivity index (χ0) is 21.6. The third kappa shape index (κ3) is 5.56. The van der Waals surface area contributed by atoms with Crippen LogP contribution in [0.25, 0.3) is 0 Å². The molecule has 3 N–H and O–H groups in total. The number of aromatic nitrogens is 2. The molecule has 0 saturated heterocycles. The van der Waals surface area contributed by atoms with Gasteiger partial charge in [0, 0.05) is 18.3 Å². The SMILES string of the molecule is C/N=C(/N)O[C@@H]([C@H](F)c1cc(NC(=O)c2cnc(OC)cn2)ccc1F)[C@@H](C)F. The van der Waals surface area contributed by atoms with Crippen molar-refractivity contribution in [1.82, 2.24) is 9.97 Å². The number of hydrogen-bond acceptors (Lipinski definition) is 6. The number of carbonyl (C=O) groups is 1. The summed E-state index contributed by atoms with van der Waals surface area (Å²) >= 11 is 0. The molecule has 1 heterocycles. The van der Waals surface area contributed by atoms with E-state index in [1.165, 1.54) is 32.6 Å². The normalized spacial score (nSPS) is 14.6. The Balaban J connectivity index is 2.24. The number of carbonyl (C=O) groups excluding carboxylic acids is 1. The first-order valence-electron chi connectivity index (χ1n) is 8.40. The highest BCUT2D eigenvalue weighted by Crippen LogP contribution is 2.31. The monoisotopic (exact) mass is 411 g/mol. The van der Waals surface area contributed by atoms with Crippen LogP contribution in [0.1, 0.15) is 29.1 Å². The molecule has 3 atom stereocenters. The van der Waals surface area contributed by atoms with Crippen molar-refractivity contribution >= 4 is 17.6 Å². The summed E-state index contributed by atoms with van der Waals surface area (Å²) < 4.78 is 52.7. The first-order chi connectivity index (χ1) is 13.8. The van der Waals surface area contributed by atoms with Crippen LogP contribution in [0.3, 0.4) is 0 Å². The Kier molecular flexibility index (Phi) is 7.34. The van der Waals surface area contributed by atoms with Gasteiger partial charge in [-0.25, -0.2) is 28.1 Å². The van der Waals surface area contributed by atoms with Crippen LogP contribution in [0.5, 0.6) is 5.88 Å². The number of rotatable bonds is 7. The van der Waals surface area contributed by atoms with Gasteiger partial charge in [-0.15, -0.1) is 0 Å². The quantitative estimate of drug-likeness (QED) is 0.535. The van der Waals surface area contributed by atoms with Gasteiger partial charge >= 0.3 is 0 Å². The summed E-state index contributed by atoms with van der Waals surface area (Å²) in [5.41, 5.74) is 4.88. The van der Waals surface area contributed by atoms with E-state index >= 15 is 0 Å². The minimum absolute atomic E-state index is 0.0426. The molecule has 2 rings (SSSR count). The Bertz CT molecular complexity index is 878. The molecule has 0 spiro atoms. The van der Waals surface area contributed by atoms with Gasteiger partial charge in [-0.1, -0.05) is 0 Å². The first kappa shape index (κ1) is 21.9. The van der Waals surface area contributed by atoms with Crippen LogP contribution in [0.15, 0.2) is 35.6 Å². The number of amides is 1. The highest BCUT2D eigenvalue weighted by Gasteiger charge is 2.33. The van der Waals surface area contributed by atoms with E-state index in [4.69, 9.17) is 15.2 Å². The number of anilines is 1. The summed E-state index contributed by atoms with van der Waals surface area (Å²) in [7, 11) is 2.67. The van der Waals surface area contributed by atoms with Crippen molar-refractivity contribution in [2.24, 2.45) is 10.7 Å². The lowest BCUT2D eigenvalue weighted by atomic mass is 10.0. The topological polar surface area (TPSA) is 112 Å². The minimum atomic E-state index is -2.21. The van der Waals surface area contributed by atoms with Crippen LogP contribution in [-0.2, 0) is 4.74 Å². The zero-order valence-corrected chi connectivity index (χ0v) is 15.9. The minimum Gasteiger partial charge on any atom is -0.480 e.